The maximum Gasteiger partial charge on any atom is 0.243 e. The molecule has 0 spiro atoms. The first-order valence-electron chi connectivity index (χ1n) is 12.8. The molecule has 196 valence electrons. The van der Waals surface area contributed by atoms with Crippen molar-refractivity contribution in [2.24, 2.45) is 5.92 Å². The molecule has 4 atom stereocenters. The van der Waals surface area contributed by atoms with Gasteiger partial charge in [-0.3, -0.25) is 9.59 Å². The number of phenols is 1. The molecule has 1 aromatic heterocycles. The van der Waals surface area contributed by atoms with Crippen LogP contribution in [0.15, 0.2) is 42.6 Å². The summed E-state index contributed by atoms with van der Waals surface area (Å²) in [5, 5.41) is 23.9. The molecule has 1 aliphatic heterocycles. The van der Waals surface area contributed by atoms with Crippen molar-refractivity contribution in [3.8, 4) is 5.75 Å². The normalized spacial score (nSPS) is 22.2. The first-order valence-corrected chi connectivity index (χ1v) is 13.1. The van der Waals surface area contributed by atoms with Crippen molar-refractivity contribution in [1.29, 1.82) is 0 Å². The Kier molecular flexibility index (Phi) is 7.14. The summed E-state index contributed by atoms with van der Waals surface area (Å²) < 4.78 is 16.1. The predicted octanol–water partition coefficient (Wildman–Crippen LogP) is 4.67. The van der Waals surface area contributed by atoms with Crippen LogP contribution < -0.4 is 5.32 Å². The molecule has 3 N–H and O–H groups in total. The van der Waals surface area contributed by atoms with Gasteiger partial charge in [0.2, 0.25) is 11.8 Å². The van der Waals surface area contributed by atoms with Crippen molar-refractivity contribution in [2.45, 2.75) is 70.3 Å². The second-order valence-corrected chi connectivity index (χ2v) is 10.6. The number of phenolic OH excluding ortho intramolecular Hbond substituents is 1. The van der Waals surface area contributed by atoms with E-state index in [2.05, 4.69) is 5.32 Å². The van der Waals surface area contributed by atoms with Gasteiger partial charge in [-0.25, -0.2) is 4.39 Å². The van der Waals surface area contributed by atoms with Crippen LogP contribution in [0.5, 0.6) is 5.75 Å². The molecule has 1 saturated carbocycles. The molecule has 2 heterocycles. The Hall–Kier alpha value is -3.10. The van der Waals surface area contributed by atoms with E-state index in [0.29, 0.717) is 23.1 Å². The van der Waals surface area contributed by atoms with Gasteiger partial charge in [0.25, 0.3) is 0 Å². The smallest absolute Gasteiger partial charge is 0.243 e. The van der Waals surface area contributed by atoms with Crippen molar-refractivity contribution < 1.29 is 24.2 Å². The zero-order valence-corrected chi connectivity index (χ0v) is 21.4. The standard InChI is InChI=1S/C28H31ClFN3O4/c1-16(34)21-14-32(24-12-19(35)9-10-20(21)24)15-26(36)33-23-8-3-2-5-17(23)11-25(33)28(37)31-13-18-6-4-7-22(29)27(18)30/h4,6-7,9-10,12,14,16-17,23,25,34-35H,2-3,5,8,11,13,15H2,1H3,(H,31,37)/t16?,17-,23-,25-/m0/s1. The molecule has 2 aromatic carbocycles. The molecule has 7 nitrogen and oxygen atoms in total. The Bertz CT molecular complexity index is 1340. The van der Waals surface area contributed by atoms with E-state index >= 15 is 0 Å². The Morgan fingerprint density at radius 3 is 2.78 bits per heavy atom. The number of aromatic nitrogens is 1. The molecule has 3 aromatic rings. The van der Waals surface area contributed by atoms with Crippen LogP contribution in [-0.2, 0) is 22.7 Å². The summed E-state index contributed by atoms with van der Waals surface area (Å²) in [6, 6.07) is 8.85. The van der Waals surface area contributed by atoms with Crippen LogP contribution in [0.25, 0.3) is 10.9 Å². The minimum Gasteiger partial charge on any atom is -0.508 e. The second kappa shape index (κ2) is 10.3. The van der Waals surface area contributed by atoms with Gasteiger partial charge in [-0.1, -0.05) is 36.6 Å². The number of hydrogen-bond donors (Lipinski definition) is 3. The molecule has 2 fully saturated rings. The highest BCUT2D eigenvalue weighted by atomic mass is 35.5. The number of halogens is 2. The average molecular weight is 528 g/mol. The summed E-state index contributed by atoms with van der Waals surface area (Å²) in [5.74, 6) is -0.748. The molecule has 1 unspecified atom stereocenters. The zero-order chi connectivity index (χ0) is 26.3. The van der Waals surface area contributed by atoms with E-state index in [-0.39, 0.29) is 47.6 Å². The fraction of sp³-hybridized carbons (Fsp3) is 0.429. The topological polar surface area (TPSA) is 94.8 Å². The fourth-order valence-corrected chi connectivity index (χ4v) is 6.23. The lowest BCUT2D eigenvalue weighted by Gasteiger charge is -2.34. The second-order valence-electron chi connectivity index (χ2n) is 10.2. The maximum atomic E-state index is 14.3. The molecule has 0 bridgehead atoms. The number of rotatable bonds is 6. The van der Waals surface area contributed by atoms with E-state index in [1.807, 2.05) is 0 Å². The Labute approximate surface area is 219 Å². The molecule has 2 aliphatic rings. The van der Waals surface area contributed by atoms with Crippen molar-refractivity contribution in [2.75, 3.05) is 0 Å². The number of aromatic hydroxyl groups is 1. The first-order chi connectivity index (χ1) is 17.7. The molecule has 2 amide bonds. The lowest BCUT2D eigenvalue weighted by Crippen LogP contribution is -2.50. The lowest BCUT2D eigenvalue weighted by molar-refractivity contribution is -0.141. The SMILES string of the molecule is CC(O)c1cn(CC(=O)N2[C@H](C(=O)NCc3cccc(Cl)c3F)C[C@@H]3CCCC[C@@H]32)c2cc(O)ccc12. The summed E-state index contributed by atoms with van der Waals surface area (Å²) in [7, 11) is 0. The number of aliphatic hydroxyl groups excluding tert-OH is 1. The number of likely N-dealkylation sites (tertiary alicyclic amines) is 1. The highest BCUT2D eigenvalue weighted by Crippen LogP contribution is 2.40. The molecule has 1 aliphatic carbocycles. The van der Waals surface area contributed by atoms with Crippen LogP contribution in [0, 0.1) is 11.7 Å². The number of hydrogen-bond acceptors (Lipinski definition) is 4. The van der Waals surface area contributed by atoms with Crippen LogP contribution in [0.1, 0.15) is 56.3 Å². The van der Waals surface area contributed by atoms with Gasteiger partial charge in [-0.2, -0.15) is 0 Å². The molecule has 1 saturated heterocycles. The van der Waals surface area contributed by atoms with E-state index in [0.717, 1.165) is 31.1 Å². The van der Waals surface area contributed by atoms with Gasteiger partial charge in [0.15, 0.2) is 0 Å². The van der Waals surface area contributed by atoms with Gasteiger partial charge >= 0.3 is 0 Å². The van der Waals surface area contributed by atoms with E-state index in [4.69, 9.17) is 11.6 Å². The molecular weight excluding hydrogens is 497 g/mol. The van der Waals surface area contributed by atoms with Crippen LogP contribution in [0.2, 0.25) is 5.02 Å². The average Bonchev–Trinajstić information content (AvgIpc) is 3.43. The van der Waals surface area contributed by atoms with Crippen LogP contribution in [0.4, 0.5) is 4.39 Å². The maximum absolute atomic E-state index is 14.3. The number of amides is 2. The molecule has 0 radical (unpaired) electrons. The highest BCUT2D eigenvalue weighted by Gasteiger charge is 2.47. The Morgan fingerprint density at radius 2 is 2.00 bits per heavy atom. The van der Waals surface area contributed by atoms with Crippen molar-refractivity contribution in [1.82, 2.24) is 14.8 Å². The van der Waals surface area contributed by atoms with Crippen molar-refractivity contribution >= 4 is 34.3 Å². The highest BCUT2D eigenvalue weighted by molar-refractivity contribution is 6.30. The monoisotopic (exact) mass is 527 g/mol. The van der Waals surface area contributed by atoms with Crippen molar-refractivity contribution in [3.63, 3.8) is 0 Å². The molecule has 5 rings (SSSR count). The van der Waals surface area contributed by atoms with Gasteiger partial charge in [0.1, 0.15) is 24.2 Å². The Morgan fingerprint density at radius 1 is 1.22 bits per heavy atom. The van der Waals surface area contributed by atoms with Gasteiger partial charge in [-0.05, 0) is 50.3 Å². The third kappa shape index (κ3) is 4.92. The summed E-state index contributed by atoms with van der Waals surface area (Å²) in [6.07, 6.45) is 5.44. The Balaban J connectivity index is 1.40. The quantitative estimate of drug-likeness (QED) is 0.434. The number of benzene rings is 2. The summed E-state index contributed by atoms with van der Waals surface area (Å²) in [6.45, 7) is 1.62. The number of aliphatic hydroxyl groups is 1. The summed E-state index contributed by atoms with van der Waals surface area (Å²) >= 11 is 5.88. The van der Waals surface area contributed by atoms with Gasteiger partial charge < -0.3 is 25.0 Å². The first kappa shape index (κ1) is 25.5. The van der Waals surface area contributed by atoms with E-state index in [1.54, 1.807) is 52.9 Å². The van der Waals surface area contributed by atoms with E-state index in [1.165, 1.54) is 6.07 Å². The predicted molar refractivity (Wildman–Crippen MR) is 138 cm³/mol. The third-order valence-corrected chi connectivity index (χ3v) is 8.11. The van der Waals surface area contributed by atoms with Crippen molar-refractivity contribution in [3.05, 3.63) is 64.6 Å². The molecule has 37 heavy (non-hydrogen) atoms. The number of carbonyl (C=O) groups excluding carboxylic acids is 2. The third-order valence-electron chi connectivity index (χ3n) is 7.82. The van der Waals surface area contributed by atoms with E-state index < -0.39 is 18.0 Å². The van der Waals surface area contributed by atoms with Gasteiger partial charge in [-0.15, -0.1) is 0 Å². The largest absolute Gasteiger partial charge is 0.508 e. The number of nitrogens with one attached hydrogen (secondary N) is 1. The number of carbonyl (C=O) groups is 2. The summed E-state index contributed by atoms with van der Waals surface area (Å²) in [4.78, 5) is 28.9. The molecular formula is C28H31ClFN3O4. The van der Waals surface area contributed by atoms with Crippen LogP contribution in [0.3, 0.4) is 0 Å². The lowest BCUT2D eigenvalue weighted by atomic mass is 9.84. The van der Waals surface area contributed by atoms with Gasteiger partial charge in [0, 0.05) is 41.4 Å². The zero-order valence-electron chi connectivity index (χ0n) is 20.7. The number of fused-ring (bicyclic) bond motifs is 2. The minimum atomic E-state index is -0.747. The minimum absolute atomic E-state index is 0.00279. The van der Waals surface area contributed by atoms with E-state index in [9.17, 15) is 24.2 Å². The van der Waals surface area contributed by atoms with Crippen LogP contribution in [-0.4, -0.2) is 43.6 Å². The summed E-state index contributed by atoms with van der Waals surface area (Å²) in [5.41, 5.74) is 1.59. The number of nitrogens with zero attached hydrogens (tertiary/aromatic N) is 2. The van der Waals surface area contributed by atoms with Crippen LogP contribution >= 0.6 is 11.6 Å². The molecule has 9 heteroatoms. The van der Waals surface area contributed by atoms with Gasteiger partial charge in [0.05, 0.1) is 16.6 Å². The fourth-order valence-electron chi connectivity index (χ4n) is 6.04.